The van der Waals surface area contributed by atoms with E-state index in [0.29, 0.717) is 10.6 Å². The van der Waals surface area contributed by atoms with Crippen LogP contribution in [-0.4, -0.2) is 57.4 Å². The van der Waals surface area contributed by atoms with E-state index in [1.54, 1.807) is 12.1 Å². The van der Waals surface area contributed by atoms with Gasteiger partial charge >= 0.3 is 0 Å². The predicted octanol–water partition coefficient (Wildman–Crippen LogP) is 1.49. The summed E-state index contributed by atoms with van der Waals surface area (Å²) in [6.45, 7) is 4.70. The summed E-state index contributed by atoms with van der Waals surface area (Å²) in [7, 11) is -6.76. The van der Waals surface area contributed by atoms with Crippen molar-refractivity contribution in [1.29, 1.82) is 0 Å². The smallest absolute Gasteiger partial charge is 0.212 e. The number of hydrogen-bond acceptors (Lipinski definition) is 5. The van der Waals surface area contributed by atoms with Gasteiger partial charge in [-0.3, -0.25) is 0 Å². The van der Waals surface area contributed by atoms with E-state index >= 15 is 0 Å². The van der Waals surface area contributed by atoms with Crippen LogP contribution in [0.4, 0.5) is 0 Å². The molecule has 0 spiro atoms. The molecule has 0 unspecified atom stereocenters. The Balaban J connectivity index is 2.03. The summed E-state index contributed by atoms with van der Waals surface area (Å²) in [6, 6.07) is 3.39. The molecule has 0 aromatic carbocycles. The van der Waals surface area contributed by atoms with Crippen molar-refractivity contribution in [3.05, 3.63) is 17.0 Å². The van der Waals surface area contributed by atoms with Crippen LogP contribution in [0.3, 0.4) is 0 Å². The van der Waals surface area contributed by atoms with Crippen LogP contribution in [0.15, 0.2) is 16.3 Å². The Morgan fingerprint density at radius 1 is 1.05 bits per heavy atom. The van der Waals surface area contributed by atoms with Gasteiger partial charge in [-0.2, -0.15) is 8.61 Å². The van der Waals surface area contributed by atoms with Crippen LogP contribution in [0.5, 0.6) is 0 Å². The average Bonchev–Trinajstić information content (AvgIpc) is 2.93. The standard InChI is InChI=1S/C13H22N2O4S3/c1-3-4-11-21(16,17)14-7-9-15(10-8-14)22(18,19)13-6-5-12(2)20-13/h5-6H,3-4,7-11H2,1-2H3. The monoisotopic (exact) mass is 366 g/mol. The van der Waals surface area contributed by atoms with Crippen LogP contribution in [-0.2, 0) is 20.0 Å². The third kappa shape index (κ3) is 3.88. The fraction of sp³-hybridized carbons (Fsp3) is 0.692. The normalized spacial score (nSPS) is 18.6. The minimum absolute atomic E-state index is 0.139. The van der Waals surface area contributed by atoms with Gasteiger partial charge in [0.15, 0.2) is 0 Å². The maximum Gasteiger partial charge on any atom is 0.252 e. The molecule has 126 valence electrons. The third-order valence-corrected chi connectivity index (χ3v) is 8.98. The van der Waals surface area contributed by atoms with E-state index in [-0.39, 0.29) is 31.9 Å². The van der Waals surface area contributed by atoms with Crippen LogP contribution in [0, 0.1) is 6.92 Å². The lowest BCUT2D eigenvalue weighted by molar-refractivity contribution is 0.273. The minimum atomic E-state index is -3.50. The Labute approximate surface area is 136 Å². The van der Waals surface area contributed by atoms with Crippen LogP contribution < -0.4 is 0 Å². The van der Waals surface area contributed by atoms with E-state index < -0.39 is 20.0 Å². The first-order valence-electron chi connectivity index (χ1n) is 7.32. The number of aryl methyl sites for hydroxylation is 1. The zero-order valence-corrected chi connectivity index (χ0v) is 15.3. The van der Waals surface area contributed by atoms with E-state index in [2.05, 4.69) is 0 Å². The maximum atomic E-state index is 12.5. The van der Waals surface area contributed by atoms with Gasteiger partial charge in [0.05, 0.1) is 5.75 Å². The van der Waals surface area contributed by atoms with Crippen molar-refractivity contribution in [1.82, 2.24) is 8.61 Å². The van der Waals surface area contributed by atoms with Crippen LogP contribution in [0.2, 0.25) is 0 Å². The lowest BCUT2D eigenvalue weighted by Crippen LogP contribution is -2.50. The molecule has 2 heterocycles. The molecule has 9 heteroatoms. The zero-order valence-electron chi connectivity index (χ0n) is 12.9. The second-order valence-electron chi connectivity index (χ2n) is 5.34. The minimum Gasteiger partial charge on any atom is -0.212 e. The summed E-state index contributed by atoms with van der Waals surface area (Å²) >= 11 is 1.24. The molecular weight excluding hydrogens is 344 g/mol. The van der Waals surface area contributed by atoms with Gasteiger partial charge in [-0.15, -0.1) is 11.3 Å². The van der Waals surface area contributed by atoms with Crippen molar-refractivity contribution >= 4 is 31.4 Å². The van der Waals surface area contributed by atoms with Gasteiger partial charge in [0, 0.05) is 31.1 Å². The molecule has 0 radical (unpaired) electrons. The average molecular weight is 367 g/mol. The van der Waals surface area contributed by atoms with E-state index in [9.17, 15) is 16.8 Å². The fourth-order valence-corrected chi connectivity index (χ4v) is 6.81. The van der Waals surface area contributed by atoms with Gasteiger partial charge in [-0.05, 0) is 25.5 Å². The van der Waals surface area contributed by atoms with Crippen molar-refractivity contribution in [2.75, 3.05) is 31.9 Å². The van der Waals surface area contributed by atoms with Crippen molar-refractivity contribution < 1.29 is 16.8 Å². The number of piperazine rings is 1. The number of thiophene rings is 1. The molecule has 0 amide bonds. The summed E-state index contributed by atoms with van der Waals surface area (Å²) in [5.74, 6) is 0.139. The maximum absolute atomic E-state index is 12.5. The topological polar surface area (TPSA) is 74.8 Å². The SMILES string of the molecule is CCCCS(=O)(=O)N1CCN(S(=O)(=O)c2ccc(C)s2)CC1. The molecule has 0 aliphatic carbocycles. The van der Waals surface area contributed by atoms with E-state index in [4.69, 9.17) is 0 Å². The lowest BCUT2D eigenvalue weighted by atomic mass is 10.4. The number of nitrogens with zero attached hydrogens (tertiary/aromatic N) is 2. The Hall–Kier alpha value is -0.480. The summed E-state index contributed by atoms with van der Waals surface area (Å²) in [5, 5.41) is 0. The highest BCUT2D eigenvalue weighted by molar-refractivity contribution is 7.91. The molecule has 1 saturated heterocycles. The molecule has 0 bridgehead atoms. The zero-order chi connectivity index (χ0) is 16.4. The summed E-state index contributed by atoms with van der Waals surface area (Å²) in [5.41, 5.74) is 0. The highest BCUT2D eigenvalue weighted by atomic mass is 32.2. The molecule has 2 rings (SSSR count). The molecule has 1 aromatic rings. The Morgan fingerprint density at radius 3 is 2.14 bits per heavy atom. The van der Waals surface area contributed by atoms with Gasteiger partial charge in [0.2, 0.25) is 10.0 Å². The highest BCUT2D eigenvalue weighted by Crippen LogP contribution is 2.25. The Kier molecular flexibility index (Phi) is 5.65. The van der Waals surface area contributed by atoms with Crippen molar-refractivity contribution in [3.8, 4) is 0 Å². The van der Waals surface area contributed by atoms with Crippen molar-refractivity contribution in [2.24, 2.45) is 0 Å². The molecular formula is C13H22N2O4S3. The lowest BCUT2D eigenvalue weighted by Gasteiger charge is -2.32. The number of sulfonamides is 2. The van der Waals surface area contributed by atoms with E-state index in [0.717, 1.165) is 11.3 Å². The number of unbranched alkanes of at least 4 members (excludes halogenated alkanes) is 1. The highest BCUT2D eigenvalue weighted by Gasteiger charge is 2.33. The first kappa shape index (κ1) is 17.9. The Bertz CT molecular complexity index is 701. The first-order chi connectivity index (χ1) is 10.3. The van der Waals surface area contributed by atoms with Gasteiger partial charge < -0.3 is 0 Å². The second-order valence-corrected chi connectivity index (χ2v) is 10.9. The summed E-state index contributed by atoms with van der Waals surface area (Å²) < 4.78 is 52.4. The summed E-state index contributed by atoms with van der Waals surface area (Å²) in [6.07, 6.45) is 1.46. The molecule has 1 aliphatic rings. The summed E-state index contributed by atoms with van der Waals surface area (Å²) in [4.78, 5) is 0.944. The molecule has 1 fully saturated rings. The quantitative estimate of drug-likeness (QED) is 0.764. The van der Waals surface area contributed by atoms with E-state index in [1.165, 1.54) is 19.9 Å². The molecule has 6 nitrogen and oxygen atoms in total. The van der Waals surface area contributed by atoms with Crippen LogP contribution in [0.1, 0.15) is 24.6 Å². The molecule has 1 aromatic heterocycles. The molecule has 0 atom stereocenters. The molecule has 0 N–H and O–H groups in total. The van der Waals surface area contributed by atoms with Crippen LogP contribution >= 0.6 is 11.3 Å². The van der Waals surface area contributed by atoms with Gasteiger partial charge in [-0.25, -0.2) is 16.8 Å². The second kappa shape index (κ2) is 6.96. The molecule has 1 aliphatic heterocycles. The van der Waals surface area contributed by atoms with Crippen molar-refractivity contribution in [3.63, 3.8) is 0 Å². The predicted molar refractivity (Wildman–Crippen MR) is 88.1 cm³/mol. The molecule has 0 saturated carbocycles. The first-order valence-corrected chi connectivity index (χ1v) is 11.2. The fourth-order valence-electron chi connectivity index (χ4n) is 2.32. The third-order valence-electron chi connectivity index (χ3n) is 3.66. The number of hydrogen-bond donors (Lipinski definition) is 0. The van der Waals surface area contributed by atoms with Gasteiger partial charge in [0.25, 0.3) is 10.0 Å². The van der Waals surface area contributed by atoms with Gasteiger partial charge in [0.1, 0.15) is 4.21 Å². The Morgan fingerprint density at radius 2 is 1.64 bits per heavy atom. The number of rotatable bonds is 6. The van der Waals surface area contributed by atoms with Crippen LogP contribution in [0.25, 0.3) is 0 Å². The largest absolute Gasteiger partial charge is 0.252 e. The van der Waals surface area contributed by atoms with Crippen molar-refractivity contribution in [2.45, 2.75) is 30.9 Å². The van der Waals surface area contributed by atoms with E-state index in [1.807, 2.05) is 13.8 Å². The molecule has 22 heavy (non-hydrogen) atoms. The van der Waals surface area contributed by atoms with Gasteiger partial charge in [-0.1, -0.05) is 13.3 Å².